The molecule has 27 heavy (non-hydrogen) atoms. The maximum atomic E-state index is 9.28. The van der Waals surface area contributed by atoms with E-state index in [-0.39, 0.29) is 5.82 Å². The Hall–Kier alpha value is -2.91. The SMILES string of the molecule is CCN1CC(COc2ccc(-c3nc(C#N)nc4c3ccn4C)cc2C)C1. The molecule has 0 amide bonds. The van der Waals surface area contributed by atoms with Crippen molar-refractivity contribution >= 4 is 11.0 Å². The predicted molar refractivity (Wildman–Crippen MR) is 104 cm³/mol. The third kappa shape index (κ3) is 3.26. The first kappa shape index (κ1) is 17.5. The fraction of sp³-hybridized carbons (Fsp3) is 0.381. The molecule has 138 valence electrons. The van der Waals surface area contributed by atoms with Gasteiger partial charge in [-0.3, -0.25) is 0 Å². The van der Waals surface area contributed by atoms with Gasteiger partial charge in [0.25, 0.3) is 0 Å². The van der Waals surface area contributed by atoms with Crippen molar-refractivity contribution in [1.82, 2.24) is 19.4 Å². The van der Waals surface area contributed by atoms with Gasteiger partial charge in [0.2, 0.25) is 5.82 Å². The van der Waals surface area contributed by atoms with Gasteiger partial charge in [0.05, 0.1) is 12.3 Å². The van der Waals surface area contributed by atoms with Gasteiger partial charge in [0.1, 0.15) is 17.5 Å². The number of fused-ring (bicyclic) bond motifs is 1. The summed E-state index contributed by atoms with van der Waals surface area (Å²) >= 11 is 0. The number of hydrogen-bond acceptors (Lipinski definition) is 5. The molecule has 0 unspecified atom stereocenters. The molecule has 0 bridgehead atoms. The lowest BCUT2D eigenvalue weighted by Gasteiger charge is -2.38. The van der Waals surface area contributed by atoms with Crippen LogP contribution in [0.1, 0.15) is 18.3 Å². The Kier molecular flexibility index (Phi) is 4.54. The maximum Gasteiger partial charge on any atom is 0.234 e. The summed E-state index contributed by atoms with van der Waals surface area (Å²) in [5, 5.41) is 10.2. The third-order valence-electron chi connectivity index (χ3n) is 5.23. The van der Waals surface area contributed by atoms with E-state index in [1.165, 1.54) is 0 Å². The normalized spacial score (nSPS) is 14.9. The summed E-state index contributed by atoms with van der Waals surface area (Å²) in [6.45, 7) is 8.35. The van der Waals surface area contributed by atoms with Crippen LogP contribution in [0.4, 0.5) is 0 Å². The average Bonchev–Trinajstić information content (AvgIpc) is 3.02. The fourth-order valence-electron chi connectivity index (χ4n) is 3.61. The molecule has 1 aromatic carbocycles. The molecule has 0 aliphatic carbocycles. The Balaban J connectivity index is 1.59. The van der Waals surface area contributed by atoms with Crippen LogP contribution in [-0.2, 0) is 7.05 Å². The molecular weight excluding hydrogens is 338 g/mol. The van der Waals surface area contributed by atoms with Crippen LogP contribution in [0.5, 0.6) is 5.75 Å². The number of nitrogens with zero attached hydrogens (tertiary/aromatic N) is 5. The van der Waals surface area contributed by atoms with Gasteiger partial charge in [-0.25, -0.2) is 9.97 Å². The molecule has 0 radical (unpaired) electrons. The largest absolute Gasteiger partial charge is 0.493 e. The number of hydrogen-bond donors (Lipinski definition) is 0. The van der Waals surface area contributed by atoms with Crippen LogP contribution in [-0.4, -0.2) is 45.7 Å². The molecule has 0 atom stereocenters. The Bertz CT molecular complexity index is 1030. The Morgan fingerprint density at radius 1 is 1.26 bits per heavy atom. The zero-order valence-electron chi connectivity index (χ0n) is 15.9. The first-order chi connectivity index (χ1) is 13.1. The Labute approximate surface area is 159 Å². The molecule has 3 heterocycles. The molecule has 0 N–H and O–H groups in total. The van der Waals surface area contributed by atoms with Crippen molar-refractivity contribution in [2.24, 2.45) is 13.0 Å². The number of aromatic nitrogens is 3. The predicted octanol–water partition coefficient (Wildman–Crippen LogP) is 3.15. The second-order valence-corrected chi connectivity index (χ2v) is 7.18. The molecule has 1 saturated heterocycles. The molecule has 0 saturated carbocycles. The van der Waals surface area contributed by atoms with Crippen molar-refractivity contribution in [3.8, 4) is 23.1 Å². The highest BCUT2D eigenvalue weighted by Crippen LogP contribution is 2.30. The number of rotatable bonds is 5. The molecule has 2 aromatic heterocycles. The minimum absolute atomic E-state index is 0.183. The van der Waals surface area contributed by atoms with Crippen molar-refractivity contribution in [2.45, 2.75) is 13.8 Å². The zero-order valence-corrected chi connectivity index (χ0v) is 15.9. The van der Waals surface area contributed by atoms with Crippen LogP contribution in [0.2, 0.25) is 0 Å². The highest BCUT2D eigenvalue weighted by Gasteiger charge is 2.25. The van der Waals surface area contributed by atoms with E-state index in [9.17, 15) is 5.26 Å². The highest BCUT2D eigenvalue weighted by molar-refractivity contribution is 5.91. The number of aryl methyl sites for hydroxylation is 2. The summed E-state index contributed by atoms with van der Waals surface area (Å²) in [7, 11) is 1.92. The topological polar surface area (TPSA) is 67.0 Å². The van der Waals surface area contributed by atoms with Gasteiger partial charge in [-0.15, -0.1) is 0 Å². The van der Waals surface area contributed by atoms with Crippen LogP contribution in [0, 0.1) is 24.2 Å². The van der Waals surface area contributed by atoms with Gasteiger partial charge in [-0.05, 0) is 43.3 Å². The summed E-state index contributed by atoms with van der Waals surface area (Å²) in [5.41, 5.74) is 3.58. The smallest absolute Gasteiger partial charge is 0.234 e. The molecule has 6 nitrogen and oxygen atoms in total. The van der Waals surface area contributed by atoms with E-state index in [1.807, 2.05) is 42.9 Å². The van der Waals surface area contributed by atoms with Gasteiger partial charge in [0.15, 0.2) is 0 Å². The minimum Gasteiger partial charge on any atom is -0.493 e. The van der Waals surface area contributed by atoms with Gasteiger partial charge in [-0.1, -0.05) is 6.92 Å². The van der Waals surface area contributed by atoms with E-state index in [0.29, 0.717) is 5.92 Å². The number of likely N-dealkylation sites (tertiary alicyclic amines) is 1. The first-order valence-corrected chi connectivity index (χ1v) is 9.28. The molecule has 1 aliphatic rings. The molecule has 1 fully saturated rings. The van der Waals surface area contributed by atoms with E-state index in [4.69, 9.17) is 4.74 Å². The van der Waals surface area contributed by atoms with Crippen LogP contribution in [0.15, 0.2) is 30.5 Å². The maximum absolute atomic E-state index is 9.28. The van der Waals surface area contributed by atoms with E-state index < -0.39 is 0 Å². The van der Waals surface area contributed by atoms with Gasteiger partial charge in [-0.2, -0.15) is 5.26 Å². The van der Waals surface area contributed by atoms with Crippen molar-refractivity contribution in [3.63, 3.8) is 0 Å². The summed E-state index contributed by atoms with van der Waals surface area (Å²) < 4.78 is 7.95. The lowest BCUT2D eigenvalue weighted by Crippen LogP contribution is -2.48. The second-order valence-electron chi connectivity index (χ2n) is 7.18. The zero-order chi connectivity index (χ0) is 19.0. The molecule has 6 heteroatoms. The van der Waals surface area contributed by atoms with Crippen molar-refractivity contribution in [2.75, 3.05) is 26.2 Å². The highest BCUT2D eigenvalue weighted by atomic mass is 16.5. The summed E-state index contributed by atoms with van der Waals surface area (Å²) in [6, 6.07) is 10.1. The van der Waals surface area contributed by atoms with E-state index >= 15 is 0 Å². The monoisotopic (exact) mass is 361 g/mol. The van der Waals surface area contributed by atoms with Crippen LogP contribution >= 0.6 is 0 Å². The minimum atomic E-state index is 0.183. The van der Waals surface area contributed by atoms with Gasteiger partial charge in [0, 0.05) is 43.2 Å². The molecule has 3 aromatic rings. The summed E-state index contributed by atoms with van der Waals surface area (Å²) in [4.78, 5) is 11.2. The first-order valence-electron chi connectivity index (χ1n) is 9.28. The van der Waals surface area contributed by atoms with Crippen LogP contribution < -0.4 is 4.74 Å². The summed E-state index contributed by atoms with van der Waals surface area (Å²) in [6.07, 6.45) is 1.94. The number of benzene rings is 1. The quantitative estimate of drug-likeness (QED) is 0.698. The van der Waals surface area contributed by atoms with Crippen LogP contribution in [0.25, 0.3) is 22.3 Å². The Morgan fingerprint density at radius 3 is 2.78 bits per heavy atom. The van der Waals surface area contributed by atoms with E-state index in [2.05, 4.69) is 33.9 Å². The molecule has 1 aliphatic heterocycles. The van der Waals surface area contributed by atoms with Gasteiger partial charge >= 0.3 is 0 Å². The van der Waals surface area contributed by atoms with E-state index in [0.717, 1.165) is 59.8 Å². The number of nitriles is 1. The molecule has 0 spiro atoms. The molecule has 4 rings (SSSR count). The number of ether oxygens (including phenoxy) is 1. The van der Waals surface area contributed by atoms with Crippen molar-refractivity contribution < 1.29 is 4.74 Å². The van der Waals surface area contributed by atoms with Crippen molar-refractivity contribution in [3.05, 3.63) is 41.9 Å². The Morgan fingerprint density at radius 2 is 2.07 bits per heavy atom. The van der Waals surface area contributed by atoms with Gasteiger partial charge < -0.3 is 14.2 Å². The van der Waals surface area contributed by atoms with Crippen LogP contribution in [0.3, 0.4) is 0 Å². The molecular formula is C21H23N5O. The third-order valence-corrected chi connectivity index (χ3v) is 5.23. The second kappa shape index (κ2) is 7.01. The lowest BCUT2D eigenvalue weighted by molar-refractivity contribution is 0.0669. The fourth-order valence-corrected chi connectivity index (χ4v) is 3.61. The lowest BCUT2D eigenvalue weighted by atomic mass is 10.0. The van der Waals surface area contributed by atoms with Crippen molar-refractivity contribution in [1.29, 1.82) is 5.26 Å². The van der Waals surface area contributed by atoms with E-state index in [1.54, 1.807) is 0 Å². The average molecular weight is 361 g/mol. The summed E-state index contributed by atoms with van der Waals surface area (Å²) in [5.74, 6) is 1.71. The standard InChI is InChI=1S/C21H23N5O/c1-4-26-11-15(12-26)13-27-18-6-5-16(9-14(18)2)20-17-7-8-25(3)21(17)24-19(10-22)23-20/h5-9,15H,4,11-13H2,1-3H3.